The molecule has 0 aliphatic rings. The minimum atomic E-state index is -0.400. The fourth-order valence-corrected chi connectivity index (χ4v) is 4.07. The zero-order valence-corrected chi connectivity index (χ0v) is 22.2. The zero-order chi connectivity index (χ0) is 25.5. The van der Waals surface area contributed by atoms with Crippen molar-refractivity contribution in [2.45, 2.75) is 6.61 Å². The lowest BCUT2D eigenvalue weighted by Gasteiger charge is -2.13. The van der Waals surface area contributed by atoms with Crippen molar-refractivity contribution >= 4 is 62.0 Å². The molecule has 0 aliphatic heterocycles. The molecule has 0 saturated carbocycles. The Hall–Kier alpha value is -3.26. The summed E-state index contributed by atoms with van der Waals surface area (Å²) in [5, 5.41) is 7.05. The Balaban J connectivity index is 1.37. The van der Waals surface area contributed by atoms with Gasteiger partial charge in [-0.2, -0.15) is 5.10 Å². The van der Waals surface area contributed by atoms with E-state index in [4.69, 9.17) is 37.4 Å². The second-order valence-electron chi connectivity index (χ2n) is 7.65. The number of hydrogen-bond donors (Lipinski definition) is 1. The Labute approximate surface area is 226 Å². The van der Waals surface area contributed by atoms with Crippen LogP contribution in [0.4, 0.5) is 0 Å². The van der Waals surface area contributed by atoms with E-state index in [2.05, 4.69) is 26.5 Å². The molecule has 9 heteroatoms. The van der Waals surface area contributed by atoms with E-state index in [0.717, 1.165) is 20.8 Å². The van der Waals surface area contributed by atoms with Crippen LogP contribution in [0.15, 0.2) is 82.4 Å². The molecule has 0 unspecified atom stereocenters. The maximum absolute atomic E-state index is 12.3. The minimum absolute atomic E-state index is 0.182. The predicted molar refractivity (Wildman–Crippen MR) is 147 cm³/mol. The maximum Gasteiger partial charge on any atom is 0.277 e. The summed E-state index contributed by atoms with van der Waals surface area (Å²) in [6.45, 7) is 0.0547. The van der Waals surface area contributed by atoms with Gasteiger partial charge in [0.15, 0.2) is 18.1 Å². The van der Waals surface area contributed by atoms with Crippen LogP contribution in [0.3, 0.4) is 0 Å². The van der Waals surface area contributed by atoms with Gasteiger partial charge in [0.1, 0.15) is 12.4 Å². The fourth-order valence-electron chi connectivity index (χ4n) is 3.37. The van der Waals surface area contributed by atoms with Crippen molar-refractivity contribution in [2.24, 2.45) is 5.10 Å². The van der Waals surface area contributed by atoms with E-state index in [9.17, 15) is 4.79 Å². The monoisotopic (exact) mass is 586 g/mol. The van der Waals surface area contributed by atoms with Crippen LogP contribution in [0.2, 0.25) is 10.0 Å². The highest BCUT2D eigenvalue weighted by Crippen LogP contribution is 2.31. The molecule has 0 aliphatic carbocycles. The SMILES string of the molecule is COc1cccc(/C=N/NC(=O)COc2ccc3cc(Br)ccc3c2)c1OCc1ccc(Cl)c(Cl)c1. The van der Waals surface area contributed by atoms with E-state index in [1.54, 1.807) is 37.4 Å². The molecule has 0 spiro atoms. The number of hydrazone groups is 1. The van der Waals surface area contributed by atoms with Crippen LogP contribution in [0.5, 0.6) is 17.2 Å². The van der Waals surface area contributed by atoms with Crippen molar-refractivity contribution in [3.05, 3.63) is 98.4 Å². The summed E-state index contributed by atoms with van der Waals surface area (Å²) in [4.78, 5) is 12.3. The molecule has 6 nitrogen and oxygen atoms in total. The third-order valence-electron chi connectivity index (χ3n) is 5.13. The molecule has 36 heavy (non-hydrogen) atoms. The maximum atomic E-state index is 12.3. The molecule has 0 atom stereocenters. The van der Waals surface area contributed by atoms with Gasteiger partial charge in [0.05, 0.1) is 23.4 Å². The number of nitrogens with zero attached hydrogens (tertiary/aromatic N) is 1. The molecule has 0 saturated heterocycles. The van der Waals surface area contributed by atoms with Gasteiger partial charge in [0, 0.05) is 10.0 Å². The van der Waals surface area contributed by atoms with E-state index in [1.165, 1.54) is 6.21 Å². The summed E-state index contributed by atoms with van der Waals surface area (Å²) < 4.78 is 18.0. The van der Waals surface area contributed by atoms with E-state index >= 15 is 0 Å². The Morgan fingerprint density at radius 1 is 0.972 bits per heavy atom. The fraction of sp³-hybridized carbons (Fsp3) is 0.111. The van der Waals surface area contributed by atoms with Gasteiger partial charge in [-0.05, 0) is 64.9 Å². The van der Waals surface area contributed by atoms with E-state index in [-0.39, 0.29) is 13.2 Å². The van der Waals surface area contributed by atoms with Gasteiger partial charge >= 0.3 is 0 Å². The van der Waals surface area contributed by atoms with Crippen LogP contribution in [-0.4, -0.2) is 25.8 Å². The van der Waals surface area contributed by atoms with Gasteiger partial charge in [0.25, 0.3) is 5.91 Å². The van der Waals surface area contributed by atoms with Crippen LogP contribution in [-0.2, 0) is 11.4 Å². The normalized spacial score (nSPS) is 11.0. The number of nitrogens with one attached hydrogen (secondary N) is 1. The molecule has 4 aromatic rings. The summed E-state index contributed by atoms with van der Waals surface area (Å²) >= 11 is 15.5. The van der Waals surface area contributed by atoms with Gasteiger partial charge in [-0.3, -0.25) is 4.79 Å². The minimum Gasteiger partial charge on any atom is -0.493 e. The molecule has 0 fully saturated rings. The first-order valence-electron chi connectivity index (χ1n) is 10.8. The lowest BCUT2D eigenvalue weighted by Crippen LogP contribution is -2.24. The van der Waals surface area contributed by atoms with Crippen LogP contribution >= 0.6 is 39.1 Å². The number of fused-ring (bicyclic) bond motifs is 1. The lowest BCUT2D eigenvalue weighted by molar-refractivity contribution is -0.123. The zero-order valence-electron chi connectivity index (χ0n) is 19.1. The number of hydrogen-bond acceptors (Lipinski definition) is 5. The molecule has 184 valence electrons. The number of carbonyl (C=O) groups is 1. The molecular formula is C27H21BrCl2N2O4. The summed E-state index contributed by atoms with van der Waals surface area (Å²) in [5.74, 6) is 1.19. The number of methoxy groups -OCH3 is 1. The van der Waals surface area contributed by atoms with Crippen LogP contribution in [0, 0.1) is 0 Å². The number of amides is 1. The van der Waals surface area contributed by atoms with Gasteiger partial charge in [-0.15, -0.1) is 0 Å². The molecule has 0 heterocycles. The van der Waals surface area contributed by atoms with Gasteiger partial charge in [0.2, 0.25) is 0 Å². The number of benzene rings is 4. The number of ether oxygens (including phenoxy) is 3. The molecule has 1 amide bonds. The molecule has 0 aromatic heterocycles. The van der Waals surface area contributed by atoms with Crippen LogP contribution < -0.4 is 19.6 Å². The second kappa shape index (κ2) is 12.1. The van der Waals surface area contributed by atoms with E-state index in [0.29, 0.717) is 32.9 Å². The summed E-state index contributed by atoms with van der Waals surface area (Å²) in [6, 6.07) is 22.2. The summed E-state index contributed by atoms with van der Waals surface area (Å²) in [7, 11) is 1.55. The highest BCUT2D eigenvalue weighted by Gasteiger charge is 2.11. The molecular weight excluding hydrogens is 567 g/mol. The van der Waals surface area contributed by atoms with Crippen molar-refractivity contribution in [1.82, 2.24) is 5.43 Å². The Bertz CT molecular complexity index is 1430. The van der Waals surface area contributed by atoms with Crippen molar-refractivity contribution < 1.29 is 19.0 Å². The van der Waals surface area contributed by atoms with E-state index < -0.39 is 5.91 Å². The highest BCUT2D eigenvalue weighted by molar-refractivity contribution is 9.10. The first kappa shape index (κ1) is 25.8. The van der Waals surface area contributed by atoms with Crippen LogP contribution in [0.1, 0.15) is 11.1 Å². The van der Waals surface area contributed by atoms with Crippen molar-refractivity contribution in [1.29, 1.82) is 0 Å². The molecule has 0 radical (unpaired) electrons. The quantitative estimate of drug-likeness (QED) is 0.169. The Morgan fingerprint density at radius 2 is 1.78 bits per heavy atom. The first-order chi connectivity index (χ1) is 17.4. The number of rotatable bonds is 9. The number of halogens is 3. The van der Waals surface area contributed by atoms with Gasteiger partial charge in [-0.25, -0.2) is 5.43 Å². The van der Waals surface area contributed by atoms with Crippen molar-refractivity contribution in [3.8, 4) is 17.2 Å². The number of carbonyl (C=O) groups excluding carboxylic acids is 1. The van der Waals surface area contributed by atoms with Gasteiger partial charge in [-0.1, -0.05) is 63.4 Å². The van der Waals surface area contributed by atoms with Crippen LogP contribution in [0.25, 0.3) is 10.8 Å². The number of para-hydroxylation sites is 1. The summed E-state index contributed by atoms with van der Waals surface area (Å²) in [6.07, 6.45) is 1.48. The van der Waals surface area contributed by atoms with Gasteiger partial charge < -0.3 is 14.2 Å². The highest BCUT2D eigenvalue weighted by atomic mass is 79.9. The molecule has 0 bridgehead atoms. The largest absolute Gasteiger partial charge is 0.493 e. The molecule has 1 N–H and O–H groups in total. The summed E-state index contributed by atoms with van der Waals surface area (Å²) in [5.41, 5.74) is 3.93. The third kappa shape index (κ3) is 6.69. The average molecular weight is 588 g/mol. The first-order valence-corrected chi connectivity index (χ1v) is 12.4. The molecule has 4 rings (SSSR count). The third-order valence-corrected chi connectivity index (χ3v) is 6.37. The Morgan fingerprint density at radius 3 is 2.58 bits per heavy atom. The topological polar surface area (TPSA) is 69.2 Å². The predicted octanol–water partition coefficient (Wildman–Crippen LogP) is 7.03. The standard InChI is InChI=1S/C27H21BrCl2N2O4/c1-34-25-4-2-3-20(27(25)36-15-17-5-10-23(29)24(30)11-17)14-31-32-26(33)16-35-22-9-7-18-12-21(28)8-6-19(18)13-22/h2-14H,15-16H2,1H3,(H,32,33)/b31-14+. The molecule has 4 aromatic carbocycles. The van der Waals surface area contributed by atoms with Crippen molar-refractivity contribution in [2.75, 3.05) is 13.7 Å². The average Bonchev–Trinajstić information content (AvgIpc) is 2.88. The van der Waals surface area contributed by atoms with Crippen molar-refractivity contribution in [3.63, 3.8) is 0 Å². The second-order valence-corrected chi connectivity index (χ2v) is 9.38. The Kier molecular flexibility index (Phi) is 8.70. The lowest BCUT2D eigenvalue weighted by atomic mass is 10.1. The van der Waals surface area contributed by atoms with E-state index in [1.807, 2.05) is 42.5 Å². The smallest absolute Gasteiger partial charge is 0.277 e.